The lowest BCUT2D eigenvalue weighted by Crippen LogP contribution is -1.97. The van der Waals surface area contributed by atoms with Gasteiger partial charge in [-0.05, 0) is 35.3 Å². The summed E-state index contributed by atoms with van der Waals surface area (Å²) < 4.78 is 14.4. The van der Waals surface area contributed by atoms with E-state index < -0.39 is 7.14 Å². The zero-order valence-corrected chi connectivity index (χ0v) is 15.6. The molecule has 0 aromatic heterocycles. The van der Waals surface area contributed by atoms with Gasteiger partial charge >= 0.3 is 0 Å². The van der Waals surface area contributed by atoms with Gasteiger partial charge in [0.25, 0.3) is 0 Å². The minimum atomic E-state index is -2.58. The van der Waals surface area contributed by atoms with Gasteiger partial charge in [-0.25, -0.2) is 0 Å². The maximum Gasteiger partial charge on any atom is 0.123 e. The molecule has 1 nitrogen and oxygen atoms in total. The van der Waals surface area contributed by atoms with Crippen LogP contribution in [0.15, 0.2) is 96.8 Å². The summed E-state index contributed by atoms with van der Waals surface area (Å²) in [5.74, 6) is 2.03. The van der Waals surface area contributed by atoms with Gasteiger partial charge in [0, 0.05) is 11.3 Å². The van der Waals surface area contributed by atoms with Crippen molar-refractivity contribution in [2.24, 2.45) is 0 Å². The Hall–Kier alpha value is -2.37. The third kappa shape index (κ3) is 3.32. The largest absolute Gasteiger partial charge is 0.318 e. The first-order valence-electron chi connectivity index (χ1n) is 9.21. The first-order chi connectivity index (χ1) is 12.8. The summed E-state index contributed by atoms with van der Waals surface area (Å²) in [5, 5.41) is 0. The molecule has 3 aromatic rings. The second kappa shape index (κ2) is 7.48. The highest BCUT2D eigenvalue weighted by molar-refractivity contribution is 7.68. The normalized spacial score (nSPS) is 21.8. The van der Waals surface area contributed by atoms with Crippen LogP contribution in [0.4, 0.5) is 0 Å². The molecule has 26 heavy (non-hydrogen) atoms. The van der Waals surface area contributed by atoms with Gasteiger partial charge in [0.1, 0.15) is 7.14 Å². The standard InChI is InChI=1S/C24H23OP/c25-26(19-18-20-10-4-1-5-11-20)23(21-12-6-2-7-13-21)16-17-24(26)22-14-8-3-9-15-22/h1-15,18-19,23-24H,16-17H2/b19-18-/t23-,24-/m1/s1. The Balaban J connectivity index is 1.76. The molecular formula is C24H23OP. The molecule has 0 amide bonds. The van der Waals surface area contributed by atoms with Crippen LogP contribution in [-0.4, -0.2) is 0 Å². The third-order valence-corrected chi connectivity index (χ3v) is 9.03. The van der Waals surface area contributed by atoms with Crippen molar-refractivity contribution >= 4 is 13.2 Å². The molecule has 0 aliphatic carbocycles. The summed E-state index contributed by atoms with van der Waals surface area (Å²) in [6.07, 6.45) is 4.00. The fraction of sp³-hybridized carbons (Fsp3) is 0.167. The van der Waals surface area contributed by atoms with Crippen LogP contribution in [0.3, 0.4) is 0 Å². The predicted octanol–water partition coefficient (Wildman–Crippen LogP) is 7.30. The first-order valence-corrected chi connectivity index (χ1v) is 11.1. The quantitative estimate of drug-likeness (QED) is 0.447. The van der Waals surface area contributed by atoms with Gasteiger partial charge in [0.05, 0.1) is 0 Å². The minimum Gasteiger partial charge on any atom is -0.318 e. The van der Waals surface area contributed by atoms with Gasteiger partial charge in [0.2, 0.25) is 0 Å². The zero-order chi connectivity index (χ0) is 17.8. The second-order valence-corrected chi connectivity index (χ2v) is 9.99. The molecule has 1 fully saturated rings. The molecule has 1 aliphatic heterocycles. The van der Waals surface area contributed by atoms with Crippen molar-refractivity contribution in [2.75, 3.05) is 0 Å². The fourth-order valence-corrected chi connectivity index (χ4v) is 7.70. The van der Waals surface area contributed by atoms with Crippen LogP contribution >= 0.6 is 7.14 Å². The molecule has 1 heterocycles. The van der Waals surface area contributed by atoms with E-state index in [0.29, 0.717) is 0 Å². The molecule has 0 bridgehead atoms. The highest BCUT2D eigenvalue weighted by Crippen LogP contribution is 2.77. The van der Waals surface area contributed by atoms with E-state index in [1.54, 1.807) is 0 Å². The maximum absolute atomic E-state index is 14.4. The average molecular weight is 358 g/mol. The molecule has 0 unspecified atom stereocenters. The Bertz CT molecular complexity index is 865. The molecule has 0 N–H and O–H groups in total. The van der Waals surface area contributed by atoms with Crippen LogP contribution in [0.1, 0.15) is 40.8 Å². The van der Waals surface area contributed by atoms with E-state index in [0.717, 1.165) is 18.4 Å². The van der Waals surface area contributed by atoms with Gasteiger partial charge < -0.3 is 4.57 Å². The lowest BCUT2D eigenvalue weighted by atomic mass is 10.0. The lowest BCUT2D eigenvalue weighted by molar-refractivity contribution is 0.573. The van der Waals surface area contributed by atoms with Crippen LogP contribution in [0, 0.1) is 0 Å². The summed E-state index contributed by atoms with van der Waals surface area (Å²) in [6, 6.07) is 30.9. The SMILES string of the molecule is O=P1(/C=C\c2ccccc2)[C@@H](c2ccccc2)CC[C@@H]1c1ccccc1. The van der Waals surface area contributed by atoms with Gasteiger partial charge in [0.15, 0.2) is 0 Å². The molecule has 0 radical (unpaired) electrons. The molecule has 1 aliphatic rings. The third-order valence-electron chi connectivity index (χ3n) is 5.36. The van der Waals surface area contributed by atoms with Gasteiger partial charge in [-0.3, -0.25) is 0 Å². The Kier molecular flexibility index (Phi) is 4.91. The van der Waals surface area contributed by atoms with Crippen molar-refractivity contribution in [1.29, 1.82) is 0 Å². The van der Waals surface area contributed by atoms with Crippen molar-refractivity contribution in [3.05, 3.63) is 114 Å². The van der Waals surface area contributed by atoms with Crippen LogP contribution in [-0.2, 0) is 4.57 Å². The maximum atomic E-state index is 14.4. The van der Waals surface area contributed by atoms with Crippen molar-refractivity contribution in [3.8, 4) is 0 Å². The Morgan fingerprint density at radius 3 is 1.54 bits per heavy atom. The molecule has 2 heteroatoms. The minimum absolute atomic E-state index is 0.105. The Morgan fingerprint density at radius 1 is 0.654 bits per heavy atom. The molecule has 130 valence electrons. The highest BCUT2D eigenvalue weighted by Gasteiger charge is 2.45. The van der Waals surface area contributed by atoms with E-state index in [9.17, 15) is 4.57 Å². The van der Waals surface area contributed by atoms with E-state index in [1.807, 2.05) is 36.1 Å². The number of rotatable bonds is 4. The zero-order valence-electron chi connectivity index (χ0n) is 14.7. The van der Waals surface area contributed by atoms with Crippen LogP contribution < -0.4 is 0 Å². The summed E-state index contributed by atoms with van der Waals surface area (Å²) in [4.78, 5) is 0. The van der Waals surface area contributed by atoms with Crippen molar-refractivity contribution in [3.63, 3.8) is 0 Å². The van der Waals surface area contributed by atoms with Gasteiger partial charge in [-0.15, -0.1) is 0 Å². The molecular weight excluding hydrogens is 335 g/mol. The topological polar surface area (TPSA) is 17.1 Å². The van der Waals surface area contributed by atoms with Crippen LogP contribution in [0.5, 0.6) is 0 Å². The summed E-state index contributed by atoms with van der Waals surface area (Å²) in [5.41, 5.74) is 3.72. The predicted molar refractivity (Wildman–Crippen MR) is 111 cm³/mol. The van der Waals surface area contributed by atoms with Crippen molar-refractivity contribution in [1.82, 2.24) is 0 Å². The van der Waals surface area contributed by atoms with Gasteiger partial charge in [-0.2, -0.15) is 0 Å². The van der Waals surface area contributed by atoms with E-state index >= 15 is 0 Å². The highest BCUT2D eigenvalue weighted by atomic mass is 31.2. The summed E-state index contributed by atoms with van der Waals surface area (Å²) >= 11 is 0. The van der Waals surface area contributed by atoms with Crippen LogP contribution in [0.25, 0.3) is 6.08 Å². The fourth-order valence-electron chi connectivity index (χ4n) is 4.06. The molecule has 4 rings (SSSR count). The molecule has 2 atom stereocenters. The first kappa shape index (κ1) is 17.1. The number of hydrogen-bond acceptors (Lipinski definition) is 1. The Labute approximate surface area is 155 Å². The average Bonchev–Trinajstić information content (AvgIpc) is 3.06. The smallest absolute Gasteiger partial charge is 0.123 e. The molecule has 3 aromatic carbocycles. The second-order valence-electron chi connectivity index (χ2n) is 6.92. The van der Waals surface area contributed by atoms with E-state index in [4.69, 9.17) is 0 Å². The molecule has 0 saturated carbocycles. The monoisotopic (exact) mass is 358 g/mol. The summed E-state index contributed by atoms with van der Waals surface area (Å²) in [6.45, 7) is 0. The number of hydrogen-bond donors (Lipinski definition) is 0. The van der Waals surface area contributed by atoms with E-state index in [-0.39, 0.29) is 11.3 Å². The van der Waals surface area contributed by atoms with Crippen molar-refractivity contribution < 1.29 is 4.57 Å². The van der Waals surface area contributed by atoms with Gasteiger partial charge in [-0.1, -0.05) is 97.1 Å². The molecule has 0 spiro atoms. The van der Waals surface area contributed by atoms with Crippen LogP contribution in [0.2, 0.25) is 0 Å². The van der Waals surface area contributed by atoms with Crippen molar-refractivity contribution in [2.45, 2.75) is 24.2 Å². The Morgan fingerprint density at radius 2 is 1.08 bits per heavy atom. The van der Waals surface area contributed by atoms with E-state index in [2.05, 4.69) is 66.7 Å². The lowest BCUT2D eigenvalue weighted by Gasteiger charge is -2.24. The van der Waals surface area contributed by atoms with E-state index in [1.165, 1.54) is 11.1 Å². The number of benzene rings is 3. The molecule has 1 saturated heterocycles. The summed E-state index contributed by atoms with van der Waals surface area (Å²) in [7, 11) is -2.58.